The van der Waals surface area contributed by atoms with Crippen LogP contribution in [0.2, 0.25) is 0 Å². The second-order valence-electron chi connectivity index (χ2n) is 7.03. The predicted octanol–water partition coefficient (Wildman–Crippen LogP) is 3.08. The quantitative estimate of drug-likeness (QED) is 0.773. The third-order valence-corrected chi connectivity index (χ3v) is 6.16. The minimum atomic E-state index is 0.623. The van der Waals surface area contributed by atoms with Gasteiger partial charge in [0.25, 0.3) is 0 Å². The fourth-order valence-corrected chi connectivity index (χ4v) is 4.72. The van der Waals surface area contributed by atoms with Crippen LogP contribution in [0.5, 0.6) is 0 Å². The second kappa shape index (κ2) is 7.77. The predicted molar refractivity (Wildman–Crippen MR) is 97.8 cm³/mol. The first-order chi connectivity index (χ1) is 11.2. The largest absolute Gasteiger partial charge is 0.368 e. The van der Waals surface area contributed by atoms with Gasteiger partial charge in [-0.15, -0.1) is 11.3 Å². The topological polar surface area (TPSA) is 26.8 Å². The van der Waals surface area contributed by atoms with Crippen LogP contribution in [0.1, 0.15) is 47.7 Å². The monoisotopic (exact) mass is 335 g/mol. The Morgan fingerprint density at radius 1 is 1.09 bits per heavy atom. The van der Waals surface area contributed by atoms with Gasteiger partial charge in [-0.25, -0.2) is 0 Å². The van der Waals surface area contributed by atoms with E-state index < -0.39 is 0 Å². The van der Waals surface area contributed by atoms with Crippen molar-refractivity contribution in [1.29, 1.82) is 0 Å². The van der Waals surface area contributed by atoms with E-state index in [-0.39, 0.29) is 0 Å². The van der Waals surface area contributed by atoms with Gasteiger partial charge in [-0.1, -0.05) is 6.42 Å². The summed E-state index contributed by atoms with van der Waals surface area (Å²) in [5.41, 5.74) is 1.31. The Morgan fingerprint density at radius 3 is 2.39 bits per heavy atom. The summed E-state index contributed by atoms with van der Waals surface area (Å²) < 4.78 is 0. The number of carbonyl (C=O) groups is 1. The zero-order valence-electron chi connectivity index (χ0n) is 14.5. The number of likely N-dealkylation sites (tertiary alicyclic amines) is 1. The third-order valence-electron chi connectivity index (χ3n) is 5.12. The number of nitrogens with zero attached hydrogens (tertiary/aromatic N) is 3. The molecule has 2 aliphatic heterocycles. The van der Waals surface area contributed by atoms with Crippen molar-refractivity contribution in [3.8, 4) is 0 Å². The Kier molecular flexibility index (Phi) is 5.72. The van der Waals surface area contributed by atoms with E-state index in [1.54, 1.807) is 11.3 Å². The van der Waals surface area contributed by atoms with Gasteiger partial charge >= 0.3 is 0 Å². The lowest BCUT2D eigenvalue weighted by Gasteiger charge is -2.38. The Balaban J connectivity index is 1.70. The molecular weight excluding hydrogens is 306 g/mol. The molecule has 0 radical (unpaired) electrons. The molecule has 3 heterocycles. The zero-order valence-corrected chi connectivity index (χ0v) is 15.3. The fourth-order valence-electron chi connectivity index (χ4n) is 3.68. The van der Waals surface area contributed by atoms with Crippen molar-refractivity contribution in [2.75, 3.05) is 44.2 Å². The second-order valence-corrected chi connectivity index (χ2v) is 8.20. The van der Waals surface area contributed by atoms with Gasteiger partial charge < -0.3 is 4.90 Å². The van der Waals surface area contributed by atoms with Gasteiger partial charge in [0.1, 0.15) is 0 Å². The van der Waals surface area contributed by atoms with E-state index in [4.69, 9.17) is 0 Å². The fraction of sp³-hybridized carbons (Fsp3) is 0.722. The van der Waals surface area contributed by atoms with Crippen LogP contribution in [0.15, 0.2) is 6.07 Å². The molecule has 4 nitrogen and oxygen atoms in total. The Labute approximate surface area is 144 Å². The van der Waals surface area contributed by atoms with Gasteiger partial charge in [0.15, 0.2) is 6.29 Å². The summed E-state index contributed by atoms with van der Waals surface area (Å²) in [6.07, 6.45) is 5.01. The average molecular weight is 336 g/mol. The SMILES string of the molecule is CC(C)N1CCN(c2cc(C=O)sc2CN2CCCCC2)CC1. The third kappa shape index (κ3) is 4.14. The van der Waals surface area contributed by atoms with E-state index in [0.717, 1.165) is 43.9 Å². The summed E-state index contributed by atoms with van der Waals surface area (Å²) in [7, 11) is 0. The maximum atomic E-state index is 11.3. The molecule has 2 fully saturated rings. The summed E-state index contributed by atoms with van der Waals surface area (Å²) in [5.74, 6) is 0. The standard InChI is InChI=1S/C18H29N3OS/c1-15(2)20-8-10-21(11-9-20)17-12-16(14-22)23-18(17)13-19-6-4-3-5-7-19/h12,14-15H,3-11,13H2,1-2H3. The molecule has 5 heteroatoms. The van der Waals surface area contributed by atoms with E-state index in [9.17, 15) is 4.79 Å². The number of anilines is 1. The molecule has 0 bridgehead atoms. The van der Waals surface area contributed by atoms with Gasteiger partial charge in [-0.05, 0) is 45.8 Å². The normalized spacial score (nSPS) is 21.1. The molecule has 128 valence electrons. The van der Waals surface area contributed by atoms with Crippen LogP contribution < -0.4 is 4.90 Å². The minimum Gasteiger partial charge on any atom is -0.368 e. The average Bonchev–Trinajstić information content (AvgIpc) is 2.99. The lowest BCUT2D eigenvalue weighted by Crippen LogP contribution is -2.49. The molecule has 0 saturated carbocycles. The Hall–Kier alpha value is -0.910. The van der Waals surface area contributed by atoms with E-state index in [1.165, 1.54) is 42.9 Å². The molecular formula is C18H29N3OS. The van der Waals surface area contributed by atoms with Crippen LogP contribution in [-0.2, 0) is 6.54 Å². The van der Waals surface area contributed by atoms with Crippen molar-refractivity contribution in [2.24, 2.45) is 0 Å². The van der Waals surface area contributed by atoms with Crippen LogP contribution in [0.4, 0.5) is 5.69 Å². The molecule has 2 saturated heterocycles. The summed E-state index contributed by atoms with van der Waals surface area (Å²) >= 11 is 1.69. The molecule has 0 atom stereocenters. The lowest BCUT2D eigenvalue weighted by atomic mass is 10.1. The highest BCUT2D eigenvalue weighted by atomic mass is 32.1. The summed E-state index contributed by atoms with van der Waals surface area (Å²) in [6, 6.07) is 2.74. The first-order valence-electron chi connectivity index (χ1n) is 8.96. The van der Waals surface area contributed by atoms with E-state index in [1.807, 2.05) is 0 Å². The van der Waals surface area contributed by atoms with Gasteiger partial charge in [0.05, 0.1) is 10.6 Å². The molecule has 0 aromatic carbocycles. The van der Waals surface area contributed by atoms with Gasteiger partial charge in [-0.2, -0.15) is 0 Å². The molecule has 1 aromatic rings. The number of piperazine rings is 1. The molecule has 23 heavy (non-hydrogen) atoms. The molecule has 0 aliphatic carbocycles. The Bertz CT molecular complexity index is 514. The molecule has 0 spiro atoms. The molecule has 1 aromatic heterocycles. The number of carbonyl (C=O) groups excluding carboxylic acids is 1. The summed E-state index contributed by atoms with van der Waals surface area (Å²) in [5, 5.41) is 0. The highest BCUT2D eigenvalue weighted by molar-refractivity contribution is 7.14. The zero-order chi connectivity index (χ0) is 16.2. The number of thiophene rings is 1. The van der Waals surface area contributed by atoms with Crippen LogP contribution >= 0.6 is 11.3 Å². The van der Waals surface area contributed by atoms with Crippen LogP contribution in [-0.4, -0.2) is 61.4 Å². The number of hydrogen-bond donors (Lipinski definition) is 0. The minimum absolute atomic E-state index is 0.623. The lowest BCUT2D eigenvalue weighted by molar-refractivity contribution is 0.112. The highest BCUT2D eigenvalue weighted by Gasteiger charge is 2.23. The number of hydrogen-bond acceptors (Lipinski definition) is 5. The smallest absolute Gasteiger partial charge is 0.160 e. The van der Waals surface area contributed by atoms with E-state index in [0.29, 0.717) is 6.04 Å². The van der Waals surface area contributed by atoms with Crippen molar-refractivity contribution in [3.63, 3.8) is 0 Å². The molecule has 3 rings (SSSR count). The molecule has 0 amide bonds. The van der Waals surface area contributed by atoms with Crippen LogP contribution in [0.3, 0.4) is 0 Å². The van der Waals surface area contributed by atoms with Crippen LogP contribution in [0.25, 0.3) is 0 Å². The van der Waals surface area contributed by atoms with E-state index >= 15 is 0 Å². The van der Waals surface area contributed by atoms with Crippen molar-refractivity contribution in [1.82, 2.24) is 9.80 Å². The van der Waals surface area contributed by atoms with Crippen molar-refractivity contribution in [3.05, 3.63) is 15.8 Å². The van der Waals surface area contributed by atoms with Crippen molar-refractivity contribution >= 4 is 23.3 Å². The molecule has 0 N–H and O–H groups in total. The van der Waals surface area contributed by atoms with Crippen LogP contribution in [0, 0.1) is 0 Å². The molecule has 2 aliphatic rings. The highest BCUT2D eigenvalue weighted by Crippen LogP contribution is 2.32. The number of aldehydes is 1. The van der Waals surface area contributed by atoms with Gasteiger partial charge in [0.2, 0.25) is 0 Å². The van der Waals surface area contributed by atoms with Gasteiger partial charge in [0, 0.05) is 43.6 Å². The van der Waals surface area contributed by atoms with E-state index in [2.05, 4.69) is 34.6 Å². The number of rotatable bonds is 5. The van der Waals surface area contributed by atoms with Crippen molar-refractivity contribution < 1.29 is 4.79 Å². The van der Waals surface area contributed by atoms with Crippen molar-refractivity contribution in [2.45, 2.75) is 45.7 Å². The summed E-state index contributed by atoms with van der Waals surface area (Å²) in [6.45, 7) is 12.3. The molecule has 0 unspecified atom stereocenters. The first-order valence-corrected chi connectivity index (χ1v) is 9.78. The maximum absolute atomic E-state index is 11.3. The van der Waals surface area contributed by atoms with Gasteiger partial charge in [-0.3, -0.25) is 14.6 Å². The summed E-state index contributed by atoms with van der Waals surface area (Å²) in [4.78, 5) is 21.1. The first kappa shape index (κ1) is 16.9. The maximum Gasteiger partial charge on any atom is 0.160 e. The number of piperidine rings is 1. The Morgan fingerprint density at radius 2 is 1.78 bits per heavy atom.